The Morgan fingerprint density at radius 1 is 1.28 bits per heavy atom. The molecule has 0 saturated carbocycles. The van der Waals surface area contributed by atoms with Gasteiger partial charge in [0.05, 0.1) is 19.2 Å². The summed E-state index contributed by atoms with van der Waals surface area (Å²) in [6, 6.07) is 3.58. The smallest absolute Gasteiger partial charge is 0.409 e. The molecule has 2 aromatic rings. The van der Waals surface area contributed by atoms with Crippen molar-refractivity contribution in [3.05, 3.63) is 23.6 Å². The Bertz CT molecular complexity index is 763. The minimum atomic E-state index is -0.270. The average molecular weight is 366 g/mol. The number of carbonyl (C=O) groups excluding carboxylic acids is 1. The van der Waals surface area contributed by atoms with Crippen molar-refractivity contribution in [3.8, 4) is 11.5 Å². The second-order valence-electron chi connectivity index (χ2n) is 5.69. The van der Waals surface area contributed by atoms with E-state index in [4.69, 9.17) is 25.8 Å². The van der Waals surface area contributed by atoms with Gasteiger partial charge in [-0.25, -0.2) is 14.8 Å². The van der Waals surface area contributed by atoms with E-state index in [1.54, 1.807) is 31.1 Å². The van der Waals surface area contributed by atoms with Crippen molar-refractivity contribution in [2.24, 2.45) is 0 Å². The summed E-state index contributed by atoms with van der Waals surface area (Å²) in [5.74, 6) is 1.19. The first-order valence-electron chi connectivity index (χ1n) is 8.19. The maximum Gasteiger partial charge on any atom is 0.409 e. The van der Waals surface area contributed by atoms with E-state index in [0.29, 0.717) is 47.3 Å². The van der Waals surface area contributed by atoms with Crippen LogP contribution in [0, 0.1) is 0 Å². The van der Waals surface area contributed by atoms with Crippen LogP contribution >= 0.6 is 11.6 Å². The Morgan fingerprint density at radius 3 is 2.72 bits per heavy atom. The molecule has 25 heavy (non-hydrogen) atoms. The molecule has 134 valence electrons. The lowest BCUT2D eigenvalue weighted by atomic mass is 10.1. The van der Waals surface area contributed by atoms with Gasteiger partial charge in [0.15, 0.2) is 11.5 Å². The number of ether oxygens (including phenoxy) is 3. The molecule has 0 unspecified atom stereocenters. The topological polar surface area (TPSA) is 73.8 Å². The van der Waals surface area contributed by atoms with Gasteiger partial charge in [0.25, 0.3) is 0 Å². The number of likely N-dealkylation sites (tertiary alicyclic amines) is 1. The number of nitrogens with zero attached hydrogens (tertiary/aromatic N) is 3. The Hall–Kier alpha value is -2.28. The molecule has 0 atom stereocenters. The van der Waals surface area contributed by atoms with Crippen LogP contribution in [0.15, 0.2) is 18.5 Å². The fourth-order valence-electron chi connectivity index (χ4n) is 2.83. The Balaban J connectivity index is 1.73. The fourth-order valence-corrected chi connectivity index (χ4v) is 3.03. The summed E-state index contributed by atoms with van der Waals surface area (Å²) in [7, 11) is 1.58. The summed E-state index contributed by atoms with van der Waals surface area (Å²) >= 11 is 6.15. The van der Waals surface area contributed by atoms with E-state index in [-0.39, 0.29) is 12.2 Å². The first kappa shape index (κ1) is 17.5. The van der Waals surface area contributed by atoms with Crippen molar-refractivity contribution < 1.29 is 19.0 Å². The minimum Gasteiger partial charge on any atom is -0.493 e. The molecule has 1 aromatic carbocycles. The van der Waals surface area contributed by atoms with Gasteiger partial charge in [-0.05, 0) is 13.0 Å². The van der Waals surface area contributed by atoms with Crippen molar-refractivity contribution in [2.75, 3.05) is 26.8 Å². The number of hydrogen-bond donors (Lipinski definition) is 0. The summed E-state index contributed by atoms with van der Waals surface area (Å²) in [6.07, 6.45) is 2.57. The molecule has 1 fully saturated rings. The number of benzene rings is 1. The molecule has 8 heteroatoms. The van der Waals surface area contributed by atoms with E-state index in [1.165, 1.54) is 6.33 Å². The molecule has 1 aliphatic heterocycles. The number of carbonyl (C=O) groups is 1. The lowest BCUT2D eigenvalue weighted by molar-refractivity contribution is 0.0694. The number of amides is 1. The summed E-state index contributed by atoms with van der Waals surface area (Å²) < 4.78 is 16.6. The highest BCUT2D eigenvalue weighted by molar-refractivity contribution is 6.34. The minimum absolute atomic E-state index is 0.0135. The lowest BCUT2D eigenvalue weighted by Crippen LogP contribution is -2.42. The number of aromatic nitrogens is 2. The van der Waals surface area contributed by atoms with Gasteiger partial charge >= 0.3 is 6.09 Å². The number of rotatable bonds is 4. The largest absolute Gasteiger partial charge is 0.493 e. The van der Waals surface area contributed by atoms with E-state index < -0.39 is 0 Å². The quantitative estimate of drug-likeness (QED) is 0.774. The number of piperidine rings is 1. The van der Waals surface area contributed by atoms with Gasteiger partial charge in [-0.3, -0.25) is 0 Å². The average Bonchev–Trinajstić information content (AvgIpc) is 2.63. The summed E-state index contributed by atoms with van der Waals surface area (Å²) in [5.41, 5.74) is 0.696. The van der Waals surface area contributed by atoms with Crippen molar-refractivity contribution in [3.63, 3.8) is 0 Å². The molecular formula is C17H20ClN3O4. The maximum atomic E-state index is 11.8. The van der Waals surface area contributed by atoms with Gasteiger partial charge in [0, 0.05) is 37.4 Å². The van der Waals surface area contributed by atoms with Gasteiger partial charge in [-0.1, -0.05) is 11.6 Å². The third-order valence-corrected chi connectivity index (χ3v) is 4.43. The first-order valence-corrected chi connectivity index (χ1v) is 8.56. The highest BCUT2D eigenvalue weighted by Gasteiger charge is 2.25. The van der Waals surface area contributed by atoms with Crippen LogP contribution in [0.25, 0.3) is 10.9 Å². The molecule has 0 radical (unpaired) electrons. The van der Waals surface area contributed by atoms with Crippen LogP contribution < -0.4 is 9.47 Å². The standard InChI is InChI=1S/C17H20ClN3O4/c1-3-24-17(22)21-6-4-11(5-7-21)25-15-8-12-13(9-14(15)23-2)19-10-20-16(12)18/h8-11H,3-7H2,1-2H3. The molecule has 0 N–H and O–H groups in total. The summed E-state index contributed by atoms with van der Waals surface area (Å²) in [5, 5.41) is 1.08. The summed E-state index contributed by atoms with van der Waals surface area (Å²) in [4.78, 5) is 21.7. The summed E-state index contributed by atoms with van der Waals surface area (Å²) in [6.45, 7) is 3.38. The molecule has 3 rings (SSSR count). The van der Waals surface area contributed by atoms with Gasteiger partial charge in [-0.2, -0.15) is 0 Å². The Labute approximate surface area is 150 Å². The number of halogens is 1. The molecule has 2 heterocycles. The van der Waals surface area contributed by atoms with Crippen LogP contribution in [-0.4, -0.2) is 53.9 Å². The SMILES string of the molecule is CCOC(=O)N1CCC(Oc2cc3c(Cl)ncnc3cc2OC)CC1. The van der Waals surface area contributed by atoms with E-state index in [1.807, 2.05) is 0 Å². The number of methoxy groups -OCH3 is 1. The molecule has 1 saturated heterocycles. The van der Waals surface area contributed by atoms with E-state index in [0.717, 1.165) is 12.8 Å². The van der Waals surface area contributed by atoms with Crippen LogP contribution in [0.1, 0.15) is 19.8 Å². The van der Waals surface area contributed by atoms with Gasteiger partial charge in [-0.15, -0.1) is 0 Å². The predicted octanol–water partition coefficient (Wildman–Crippen LogP) is 3.29. The molecule has 7 nitrogen and oxygen atoms in total. The zero-order chi connectivity index (χ0) is 17.8. The molecule has 1 amide bonds. The normalized spacial score (nSPS) is 15.2. The van der Waals surface area contributed by atoms with Gasteiger partial charge < -0.3 is 19.1 Å². The lowest BCUT2D eigenvalue weighted by Gasteiger charge is -2.31. The highest BCUT2D eigenvalue weighted by Crippen LogP contribution is 2.35. The molecule has 0 aliphatic carbocycles. The molecule has 0 spiro atoms. The fraction of sp³-hybridized carbons (Fsp3) is 0.471. The number of hydrogen-bond acceptors (Lipinski definition) is 6. The Kier molecular flexibility index (Phi) is 5.43. The second kappa shape index (κ2) is 7.74. The molecule has 0 bridgehead atoms. The van der Waals surface area contributed by atoms with Gasteiger partial charge in [0.1, 0.15) is 17.6 Å². The van der Waals surface area contributed by atoms with Crippen LogP contribution in [-0.2, 0) is 4.74 Å². The molecule has 1 aliphatic rings. The van der Waals surface area contributed by atoms with Crippen molar-refractivity contribution in [1.29, 1.82) is 0 Å². The van der Waals surface area contributed by atoms with E-state index in [2.05, 4.69) is 9.97 Å². The van der Waals surface area contributed by atoms with Crippen molar-refractivity contribution >= 4 is 28.6 Å². The second-order valence-corrected chi connectivity index (χ2v) is 6.05. The van der Waals surface area contributed by atoms with E-state index >= 15 is 0 Å². The van der Waals surface area contributed by atoms with Crippen LogP contribution in [0.4, 0.5) is 4.79 Å². The Morgan fingerprint density at radius 2 is 2.04 bits per heavy atom. The first-order chi connectivity index (χ1) is 12.1. The highest BCUT2D eigenvalue weighted by atomic mass is 35.5. The number of fused-ring (bicyclic) bond motifs is 1. The van der Waals surface area contributed by atoms with Crippen LogP contribution in [0.5, 0.6) is 11.5 Å². The maximum absolute atomic E-state index is 11.8. The van der Waals surface area contributed by atoms with Crippen molar-refractivity contribution in [1.82, 2.24) is 14.9 Å². The molecule has 1 aromatic heterocycles. The van der Waals surface area contributed by atoms with E-state index in [9.17, 15) is 4.79 Å². The molecular weight excluding hydrogens is 346 g/mol. The zero-order valence-corrected chi connectivity index (χ0v) is 15.0. The van der Waals surface area contributed by atoms with Crippen molar-refractivity contribution in [2.45, 2.75) is 25.9 Å². The predicted molar refractivity (Wildman–Crippen MR) is 93.3 cm³/mol. The van der Waals surface area contributed by atoms with Crippen LogP contribution in [0.3, 0.4) is 0 Å². The zero-order valence-electron chi connectivity index (χ0n) is 14.2. The third kappa shape index (κ3) is 3.87. The third-order valence-electron chi connectivity index (χ3n) is 4.13. The van der Waals surface area contributed by atoms with Gasteiger partial charge in [0.2, 0.25) is 0 Å². The van der Waals surface area contributed by atoms with Crippen LogP contribution in [0.2, 0.25) is 5.15 Å². The monoisotopic (exact) mass is 365 g/mol.